The summed E-state index contributed by atoms with van der Waals surface area (Å²) in [6.45, 7) is 0. The molecular formula is C7H9N3O2. The van der Waals surface area contributed by atoms with Crippen LogP contribution in [0.4, 0.5) is 0 Å². The summed E-state index contributed by atoms with van der Waals surface area (Å²) in [4.78, 5) is 21.0. The molecule has 0 amide bonds. The Bertz CT molecular complexity index is 298. The minimum atomic E-state index is -0.345. The summed E-state index contributed by atoms with van der Waals surface area (Å²) in [7, 11) is 1.47. The first kappa shape index (κ1) is 8.45. The zero-order chi connectivity index (χ0) is 8.81. The number of nitrogens with one attached hydrogen (secondary N) is 1. The topological polar surface area (TPSA) is 67.3 Å². The van der Waals surface area contributed by atoms with E-state index >= 15 is 0 Å². The van der Waals surface area contributed by atoms with Gasteiger partial charge in [-0.15, -0.1) is 0 Å². The number of nitrogens with zero attached hydrogens (tertiary/aromatic N) is 2. The Balaban J connectivity index is 2.59. The molecule has 1 rings (SSSR count). The molecule has 0 spiro atoms. The van der Waals surface area contributed by atoms with E-state index in [0.717, 1.165) is 5.56 Å². The molecule has 0 atom stereocenters. The summed E-state index contributed by atoms with van der Waals surface area (Å²) in [5.74, 6) is 0. The number of hydrogen-bond donors (Lipinski definition) is 1. The summed E-state index contributed by atoms with van der Waals surface area (Å²) >= 11 is 0. The third kappa shape index (κ3) is 2.53. The fourth-order valence-corrected chi connectivity index (χ4v) is 0.699. The molecule has 0 saturated heterocycles. The highest BCUT2D eigenvalue weighted by Crippen LogP contribution is 1.89. The maximum atomic E-state index is 10.5. The number of H-pyrrole nitrogens is 1. The van der Waals surface area contributed by atoms with E-state index in [9.17, 15) is 4.79 Å². The van der Waals surface area contributed by atoms with Gasteiger partial charge in [-0.25, -0.2) is 9.78 Å². The van der Waals surface area contributed by atoms with Gasteiger partial charge in [-0.05, 0) is 5.56 Å². The number of rotatable bonds is 3. The first-order valence-corrected chi connectivity index (χ1v) is 3.41. The average Bonchev–Trinajstić information content (AvgIpc) is 2.09. The number of aromatic amines is 1. The Hall–Kier alpha value is -1.65. The maximum absolute atomic E-state index is 10.5. The Morgan fingerprint density at radius 3 is 3.25 bits per heavy atom. The molecule has 0 aliphatic carbocycles. The van der Waals surface area contributed by atoms with E-state index in [0.29, 0.717) is 6.42 Å². The van der Waals surface area contributed by atoms with Crippen molar-refractivity contribution in [2.75, 3.05) is 7.11 Å². The van der Waals surface area contributed by atoms with Crippen LogP contribution in [0, 0.1) is 0 Å². The second kappa shape index (κ2) is 4.27. The standard InChI is InChI=1S/C7H9N3O2/c1-12-10-3-2-6-4-8-7(11)9-5-6/h3-5H,2H2,1H3,(H,8,9,11). The molecule has 0 saturated carbocycles. The quantitative estimate of drug-likeness (QED) is 0.506. The van der Waals surface area contributed by atoms with Gasteiger partial charge in [0.05, 0.1) is 0 Å². The van der Waals surface area contributed by atoms with Crippen molar-refractivity contribution < 1.29 is 4.84 Å². The van der Waals surface area contributed by atoms with Gasteiger partial charge in [-0.2, -0.15) is 0 Å². The molecular weight excluding hydrogens is 158 g/mol. The molecule has 0 fully saturated rings. The predicted octanol–water partition coefficient (Wildman–Crippen LogP) is -0.0554. The van der Waals surface area contributed by atoms with E-state index in [2.05, 4.69) is 20.0 Å². The largest absolute Gasteiger partial charge is 0.399 e. The highest BCUT2D eigenvalue weighted by atomic mass is 16.6. The van der Waals surface area contributed by atoms with Crippen molar-refractivity contribution in [1.82, 2.24) is 9.97 Å². The van der Waals surface area contributed by atoms with Gasteiger partial charge in [0.1, 0.15) is 7.11 Å². The van der Waals surface area contributed by atoms with E-state index < -0.39 is 0 Å². The first-order valence-electron chi connectivity index (χ1n) is 3.41. The van der Waals surface area contributed by atoms with Crippen molar-refractivity contribution >= 4 is 6.21 Å². The van der Waals surface area contributed by atoms with Crippen molar-refractivity contribution in [3.05, 3.63) is 28.4 Å². The summed E-state index contributed by atoms with van der Waals surface area (Å²) in [6.07, 6.45) is 5.28. The normalized spacial score (nSPS) is 10.4. The van der Waals surface area contributed by atoms with E-state index in [1.807, 2.05) is 0 Å². The van der Waals surface area contributed by atoms with Gasteiger partial charge in [-0.1, -0.05) is 5.16 Å². The summed E-state index contributed by atoms with van der Waals surface area (Å²) < 4.78 is 0. The lowest BCUT2D eigenvalue weighted by Crippen LogP contribution is -2.09. The summed E-state index contributed by atoms with van der Waals surface area (Å²) in [5.41, 5.74) is 0.540. The van der Waals surface area contributed by atoms with E-state index in [-0.39, 0.29) is 5.69 Å². The van der Waals surface area contributed by atoms with Crippen molar-refractivity contribution in [2.45, 2.75) is 6.42 Å². The fourth-order valence-electron chi connectivity index (χ4n) is 0.699. The second-order valence-corrected chi connectivity index (χ2v) is 2.10. The van der Waals surface area contributed by atoms with Crippen LogP contribution >= 0.6 is 0 Å². The van der Waals surface area contributed by atoms with Crippen LogP contribution in [0.1, 0.15) is 5.56 Å². The summed E-state index contributed by atoms with van der Waals surface area (Å²) in [5, 5.41) is 3.54. The zero-order valence-electron chi connectivity index (χ0n) is 6.65. The Morgan fingerprint density at radius 2 is 2.67 bits per heavy atom. The fraction of sp³-hybridized carbons (Fsp3) is 0.286. The molecule has 0 unspecified atom stereocenters. The second-order valence-electron chi connectivity index (χ2n) is 2.10. The molecule has 12 heavy (non-hydrogen) atoms. The van der Waals surface area contributed by atoms with Crippen LogP contribution in [0.2, 0.25) is 0 Å². The highest BCUT2D eigenvalue weighted by Gasteiger charge is 1.89. The van der Waals surface area contributed by atoms with Crippen LogP contribution in [0.5, 0.6) is 0 Å². The molecule has 1 heterocycles. The molecule has 5 nitrogen and oxygen atoms in total. The lowest BCUT2D eigenvalue weighted by atomic mass is 10.3. The van der Waals surface area contributed by atoms with Gasteiger partial charge in [-0.3, -0.25) is 0 Å². The van der Waals surface area contributed by atoms with Crippen molar-refractivity contribution in [2.24, 2.45) is 5.16 Å². The lowest BCUT2D eigenvalue weighted by molar-refractivity contribution is 0.215. The van der Waals surface area contributed by atoms with Gasteiger partial charge < -0.3 is 9.82 Å². The summed E-state index contributed by atoms with van der Waals surface area (Å²) in [6, 6.07) is 0. The molecule has 5 heteroatoms. The Labute approximate surface area is 69.1 Å². The number of oxime groups is 1. The van der Waals surface area contributed by atoms with Gasteiger partial charge in [0.15, 0.2) is 0 Å². The van der Waals surface area contributed by atoms with E-state index in [1.54, 1.807) is 12.4 Å². The van der Waals surface area contributed by atoms with Gasteiger partial charge >= 0.3 is 5.69 Å². The van der Waals surface area contributed by atoms with E-state index in [4.69, 9.17) is 0 Å². The molecule has 0 aliphatic heterocycles. The van der Waals surface area contributed by atoms with E-state index in [1.165, 1.54) is 13.3 Å². The predicted molar refractivity (Wildman–Crippen MR) is 44.1 cm³/mol. The van der Waals surface area contributed by atoms with Crippen molar-refractivity contribution in [3.8, 4) is 0 Å². The monoisotopic (exact) mass is 167 g/mol. The number of aromatic nitrogens is 2. The third-order valence-electron chi connectivity index (χ3n) is 1.24. The Kier molecular flexibility index (Phi) is 3.01. The first-order chi connectivity index (χ1) is 5.83. The smallest absolute Gasteiger partial charge is 0.344 e. The van der Waals surface area contributed by atoms with Crippen LogP contribution in [0.15, 0.2) is 22.3 Å². The van der Waals surface area contributed by atoms with Gasteiger partial charge in [0.25, 0.3) is 0 Å². The highest BCUT2D eigenvalue weighted by molar-refractivity contribution is 5.60. The average molecular weight is 167 g/mol. The van der Waals surface area contributed by atoms with Crippen LogP contribution in [0.25, 0.3) is 0 Å². The van der Waals surface area contributed by atoms with Crippen LogP contribution in [-0.2, 0) is 11.3 Å². The maximum Gasteiger partial charge on any atom is 0.344 e. The molecule has 64 valence electrons. The van der Waals surface area contributed by atoms with Crippen molar-refractivity contribution in [1.29, 1.82) is 0 Å². The van der Waals surface area contributed by atoms with Gasteiger partial charge in [0.2, 0.25) is 0 Å². The molecule has 0 aromatic carbocycles. The minimum absolute atomic E-state index is 0.345. The third-order valence-corrected chi connectivity index (χ3v) is 1.24. The van der Waals surface area contributed by atoms with Crippen LogP contribution in [0.3, 0.4) is 0 Å². The molecule has 0 bridgehead atoms. The zero-order valence-corrected chi connectivity index (χ0v) is 6.65. The Morgan fingerprint density at radius 1 is 1.83 bits per heavy atom. The molecule has 0 radical (unpaired) electrons. The van der Waals surface area contributed by atoms with Crippen LogP contribution in [-0.4, -0.2) is 23.3 Å². The molecule has 1 aromatic rings. The molecule has 1 aromatic heterocycles. The molecule has 0 aliphatic rings. The minimum Gasteiger partial charge on any atom is -0.399 e. The SMILES string of the molecule is CON=CCc1cnc(=O)[nH]c1. The van der Waals surface area contributed by atoms with Crippen molar-refractivity contribution in [3.63, 3.8) is 0 Å². The van der Waals surface area contributed by atoms with Crippen LogP contribution < -0.4 is 5.69 Å². The number of hydrogen-bond acceptors (Lipinski definition) is 4. The lowest BCUT2D eigenvalue weighted by Gasteiger charge is -1.91. The molecule has 1 N–H and O–H groups in total. The van der Waals surface area contributed by atoms with Gasteiger partial charge in [0, 0.05) is 25.0 Å².